The third kappa shape index (κ3) is 4.10. The number of rotatable bonds is 5. The third-order valence-corrected chi connectivity index (χ3v) is 4.39. The van der Waals surface area contributed by atoms with Crippen LogP contribution < -0.4 is 16.6 Å². The van der Waals surface area contributed by atoms with E-state index in [9.17, 15) is 14.4 Å². The van der Waals surface area contributed by atoms with E-state index in [1.807, 2.05) is 32.0 Å². The van der Waals surface area contributed by atoms with Crippen molar-refractivity contribution in [1.82, 2.24) is 15.2 Å². The lowest BCUT2D eigenvalue weighted by Gasteiger charge is -2.15. The van der Waals surface area contributed by atoms with E-state index in [0.29, 0.717) is 0 Å². The van der Waals surface area contributed by atoms with Crippen molar-refractivity contribution < 1.29 is 4.79 Å². The van der Waals surface area contributed by atoms with Crippen molar-refractivity contribution in [2.75, 3.05) is 5.32 Å². The molecule has 1 aromatic heterocycles. The highest BCUT2D eigenvalue weighted by Crippen LogP contribution is 2.23. The monoisotopic (exact) mass is 334 g/mol. The maximum Gasteiger partial charge on any atom is 0.342 e. The summed E-state index contributed by atoms with van der Waals surface area (Å²) in [4.78, 5) is 37.0. The number of aromatic nitrogens is 3. The quantitative estimate of drug-likeness (QED) is 0.717. The zero-order valence-corrected chi connectivity index (χ0v) is 13.9. The number of nitrogens with one attached hydrogen (secondary N) is 3. The number of aryl methyl sites for hydroxylation is 2. The first-order chi connectivity index (χ1) is 10.9. The van der Waals surface area contributed by atoms with Gasteiger partial charge in [-0.2, -0.15) is 5.10 Å². The molecule has 0 aliphatic heterocycles. The van der Waals surface area contributed by atoms with E-state index in [4.69, 9.17) is 0 Å². The van der Waals surface area contributed by atoms with E-state index >= 15 is 0 Å². The molecule has 1 unspecified atom stereocenters. The van der Waals surface area contributed by atoms with Gasteiger partial charge >= 0.3 is 5.69 Å². The summed E-state index contributed by atoms with van der Waals surface area (Å²) in [5, 5.41) is 8.22. The van der Waals surface area contributed by atoms with Crippen LogP contribution in [-0.4, -0.2) is 26.3 Å². The number of carbonyl (C=O) groups excluding carboxylic acids is 1. The first-order valence-electron chi connectivity index (χ1n) is 7.17. The van der Waals surface area contributed by atoms with Crippen molar-refractivity contribution in [1.29, 1.82) is 0 Å². The Hall–Kier alpha value is -2.35. The van der Waals surface area contributed by atoms with Gasteiger partial charge in [0.15, 0.2) is 5.03 Å². The number of nitrogens with zero attached hydrogens (tertiary/aromatic N) is 1. The lowest BCUT2D eigenvalue weighted by atomic mass is 10.1. The predicted octanol–water partition coefficient (Wildman–Crippen LogP) is 1.45. The molecule has 0 fully saturated rings. The van der Waals surface area contributed by atoms with Crippen LogP contribution >= 0.6 is 11.8 Å². The second-order valence-electron chi connectivity index (χ2n) is 5.02. The van der Waals surface area contributed by atoms with Gasteiger partial charge in [-0.3, -0.25) is 14.6 Å². The minimum Gasteiger partial charge on any atom is -0.325 e. The molecular weight excluding hydrogens is 316 g/mol. The minimum absolute atomic E-state index is 0.0488. The number of hydrogen-bond acceptors (Lipinski definition) is 5. The maximum atomic E-state index is 12.4. The van der Waals surface area contributed by atoms with Crippen molar-refractivity contribution in [2.24, 2.45) is 0 Å². The van der Waals surface area contributed by atoms with Crippen LogP contribution in [0.5, 0.6) is 0 Å². The van der Waals surface area contributed by atoms with Gasteiger partial charge in [-0.15, -0.1) is 0 Å². The average molecular weight is 334 g/mol. The molecule has 0 spiro atoms. The second kappa shape index (κ2) is 7.28. The zero-order valence-electron chi connectivity index (χ0n) is 13.1. The maximum absolute atomic E-state index is 12.4. The molecular formula is C15H18N4O3S. The van der Waals surface area contributed by atoms with Crippen molar-refractivity contribution >= 4 is 23.4 Å². The summed E-state index contributed by atoms with van der Waals surface area (Å²) in [6.07, 6.45) is 0.806. The fourth-order valence-corrected chi connectivity index (χ4v) is 2.82. The number of anilines is 1. The Bertz CT molecular complexity index is 828. The highest BCUT2D eigenvalue weighted by molar-refractivity contribution is 8.00. The Kier molecular flexibility index (Phi) is 5.38. The van der Waals surface area contributed by atoms with E-state index in [1.54, 1.807) is 6.92 Å². The van der Waals surface area contributed by atoms with Crippen LogP contribution in [0.15, 0.2) is 32.8 Å². The van der Waals surface area contributed by atoms with Crippen molar-refractivity contribution in [3.8, 4) is 0 Å². The number of benzene rings is 1. The number of para-hydroxylation sites is 1. The number of carbonyl (C=O) groups is 1. The van der Waals surface area contributed by atoms with Crippen LogP contribution in [0.4, 0.5) is 5.69 Å². The summed E-state index contributed by atoms with van der Waals surface area (Å²) >= 11 is 0.989. The molecule has 8 heteroatoms. The molecule has 23 heavy (non-hydrogen) atoms. The fraction of sp³-hybridized carbons (Fsp3) is 0.333. The largest absolute Gasteiger partial charge is 0.342 e. The van der Waals surface area contributed by atoms with Gasteiger partial charge in [0.2, 0.25) is 5.91 Å². The zero-order chi connectivity index (χ0) is 17.0. The summed E-state index contributed by atoms with van der Waals surface area (Å²) in [6, 6.07) is 5.85. The first kappa shape index (κ1) is 17.0. The minimum atomic E-state index is -0.677. The Labute approximate surface area is 136 Å². The lowest BCUT2D eigenvalue weighted by Crippen LogP contribution is -2.28. The molecule has 0 aliphatic rings. The van der Waals surface area contributed by atoms with E-state index in [-0.39, 0.29) is 10.9 Å². The Morgan fingerprint density at radius 2 is 2.13 bits per heavy atom. The van der Waals surface area contributed by atoms with Gasteiger partial charge in [-0.1, -0.05) is 36.9 Å². The topological polar surface area (TPSA) is 108 Å². The van der Waals surface area contributed by atoms with Crippen molar-refractivity contribution in [3.63, 3.8) is 0 Å². The summed E-state index contributed by atoms with van der Waals surface area (Å²) < 4.78 is 0. The van der Waals surface area contributed by atoms with Gasteiger partial charge < -0.3 is 5.32 Å². The van der Waals surface area contributed by atoms with Crippen molar-refractivity contribution in [3.05, 3.63) is 50.2 Å². The predicted molar refractivity (Wildman–Crippen MR) is 90.0 cm³/mol. The standard InChI is InChI=1S/C15H18N4O3S/c1-4-10-7-5-6-8(2)11(10)16-12(20)9(3)23-14-13(21)17-15(22)19-18-14/h5-7,9H,4H2,1-3H3,(H,16,20)(H2,17,19,21,22). The van der Waals surface area contributed by atoms with Gasteiger partial charge in [0, 0.05) is 5.69 Å². The molecule has 1 atom stereocenters. The Morgan fingerprint density at radius 1 is 1.39 bits per heavy atom. The van der Waals surface area contributed by atoms with Gasteiger partial charge in [0.05, 0.1) is 5.25 Å². The SMILES string of the molecule is CCc1cccc(C)c1NC(=O)C(C)Sc1n[nH]c(=O)[nH]c1=O. The van der Waals surface area contributed by atoms with Crippen LogP contribution in [0.2, 0.25) is 0 Å². The molecule has 0 radical (unpaired) electrons. The number of thioether (sulfide) groups is 1. The van der Waals surface area contributed by atoms with E-state index < -0.39 is 16.5 Å². The van der Waals surface area contributed by atoms with Crippen LogP contribution in [0.1, 0.15) is 25.0 Å². The molecule has 0 saturated heterocycles. The molecule has 1 amide bonds. The van der Waals surface area contributed by atoms with Gasteiger partial charge in [-0.25, -0.2) is 9.89 Å². The number of amides is 1. The van der Waals surface area contributed by atoms with Crippen LogP contribution in [0.25, 0.3) is 0 Å². The molecule has 7 nitrogen and oxygen atoms in total. The molecule has 2 aromatic rings. The molecule has 3 N–H and O–H groups in total. The number of hydrogen-bond donors (Lipinski definition) is 3. The summed E-state index contributed by atoms with van der Waals surface area (Å²) in [6.45, 7) is 5.63. The lowest BCUT2D eigenvalue weighted by molar-refractivity contribution is -0.115. The van der Waals surface area contributed by atoms with Crippen LogP contribution in [0, 0.1) is 6.92 Å². The Morgan fingerprint density at radius 3 is 2.78 bits per heavy atom. The molecule has 0 bridgehead atoms. The van der Waals surface area contributed by atoms with Gasteiger partial charge in [0.1, 0.15) is 0 Å². The number of H-pyrrole nitrogens is 2. The van der Waals surface area contributed by atoms with E-state index in [0.717, 1.165) is 35.0 Å². The second-order valence-corrected chi connectivity index (χ2v) is 6.35. The summed E-state index contributed by atoms with van der Waals surface area (Å²) in [5.41, 5.74) is 1.55. The molecule has 122 valence electrons. The fourth-order valence-electron chi connectivity index (χ4n) is 2.06. The van der Waals surface area contributed by atoms with E-state index in [1.165, 1.54) is 0 Å². The van der Waals surface area contributed by atoms with Crippen LogP contribution in [0.3, 0.4) is 0 Å². The molecule has 0 aliphatic carbocycles. The number of aromatic amines is 2. The summed E-state index contributed by atoms with van der Waals surface area (Å²) in [7, 11) is 0. The molecule has 0 saturated carbocycles. The normalized spacial score (nSPS) is 12.0. The van der Waals surface area contributed by atoms with Crippen molar-refractivity contribution in [2.45, 2.75) is 37.5 Å². The van der Waals surface area contributed by atoms with Gasteiger partial charge in [-0.05, 0) is 31.4 Å². The van der Waals surface area contributed by atoms with E-state index in [2.05, 4.69) is 20.5 Å². The molecule has 1 heterocycles. The highest BCUT2D eigenvalue weighted by Gasteiger charge is 2.19. The molecule has 2 rings (SSSR count). The smallest absolute Gasteiger partial charge is 0.325 e. The highest BCUT2D eigenvalue weighted by atomic mass is 32.2. The first-order valence-corrected chi connectivity index (χ1v) is 8.05. The molecule has 1 aromatic carbocycles. The average Bonchev–Trinajstić information content (AvgIpc) is 2.51. The Balaban J connectivity index is 2.15. The van der Waals surface area contributed by atoms with Gasteiger partial charge in [0.25, 0.3) is 5.56 Å². The third-order valence-electron chi connectivity index (χ3n) is 3.33. The summed E-state index contributed by atoms with van der Waals surface area (Å²) in [5.74, 6) is -0.230. The van der Waals surface area contributed by atoms with Crippen LogP contribution in [-0.2, 0) is 11.2 Å².